The van der Waals surface area contributed by atoms with E-state index >= 15 is 0 Å². The molecule has 2 aliphatic heterocycles. The number of aliphatic hydroxyl groups excluding tert-OH is 2. The van der Waals surface area contributed by atoms with E-state index in [0.717, 1.165) is 0 Å². The lowest BCUT2D eigenvalue weighted by atomic mass is 9.80. The molecular formula is C14H24N2O7. The van der Waals surface area contributed by atoms with Crippen molar-refractivity contribution in [3.8, 4) is 0 Å². The summed E-state index contributed by atoms with van der Waals surface area (Å²) in [7, 11) is 3.24. The van der Waals surface area contributed by atoms with Crippen LogP contribution in [0.1, 0.15) is 13.3 Å². The fraction of sp³-hybridized carbons (Fsp3) is 0.929. The summed E-state index contributed by atoms with van der Waals surface area (Å²) in [6.07, 6.45) is -5.58. The predicted octanol–water partition coefficient (Wildman–Crippen LogP) is -2.93. The van der Waals surface area contributed by atoms with E-state index in [4.69, 9.17) is 14.2 Å². The second-order valence-corrected chi connectivity index (χ2v) is 6.40. The average molecular weight is 332 g/mol. The zero-order valence-electron chi connectivity index (χ0n) is 13.3. The number of ketones is 1. The van der Waals surface area contributed by atoms with Crippen LogP contribution in [-0.4, -0.2) is 89.9 Å². The lowest BCUT2D eigenvalue weighted by Crippen LogP contribution is -2.77. The first-order valence-corrected chi connectivity index (χ1v) is 7.78. The van der Waals surface area contributed by atoms with Crippen LogP contribution in [0.15, 0.2) is 0 Å². The van der Waals surface area contributed by atoms with Crippen LogP contribution in [0.2, 0.25) is 0 Å². The summed E-state index contributed by atoms with van der Waals surface area (Å²) in [5.74, 6) is -2.76. The van der Waals surface area contributed by atoms with E-state index in [2.05, 4.69) is 10.6 Å². The van der Waals surface area contributed by atoms with Crippen molar-refractivity contribution < 1.29 is 34.3 Å². The van der Waals surface area contributed by atoms with E-state index in [-0.39, 0.29) is 6.42 Å². The van der Waals surface area contributed by atoms with E-state index in [0.29, 0.717) is 0 Å². The molecule has 3 aliphatic rings. The van der Waals surface area contributed by atoms with Crippen LogP contribution in [0.5, 0.6) is 0 Å². The number of hydrogen-bond acceptors (Lipinski definition) is 9. The minimum atomic E-state index is -2.23. The van der Waals surface area contributed by atoms with E-state index < -0.39 is 60.5 Å². The van der Waals surface area contributed by atoms with E-state index in [1.807, 2.05) is 0 Å². The highest BCUT2D eigenvalue weighted by Gasteiger charge is 2.63. The van der Waals surface area contributed by atoms with Crippen molar-refractivity contribution in [2.24, 2.45) is 0 Å². The second-order valence-electron chi connectivity index (χ2n) is 6.40. The first kappa shape index (κ1) is 17.2. The lowest BCUT2D eigenvalue weighted by Gasteiger charge is -2.55. The largest absolute Gasteiger partial charge is 0.390 e. The first-order valence-electron chi connectivity index (χ1n) is 7.78. The van der Waals surface area contributed by atoms with Crippen LogP contribution in [0.4, 0.5) is 0 Å². The van der Waals surface area contributed by atoms with Crippen molar-refractivity contribution in [1.29, 1.82) is 0 Å². The van der Waals surface area contributed by atoms with Gasteiger partial charge in [-0.3, -0.25) is 4.79 Å². The standard InChI is InChI=1S/C14H24N2O7/c1-5-4-6(17)14(20)13(21-5)22-12-10(19)7(15-2)9(18)8(16-3)11(12)23-14/h5,7-13,15-16,18-20H,4H2,1-3H3/t5-,7-,8+,9+,10-,11-,12+,13+,14+/m1/s1. The molecule has 1 saturated carbocycles. The Bertz CT molecular complexity index is 478. The third kappa shape index (κ3) is 2.52. The maximum absolute atomic E-state index is 12.2. The lowest BCUT2D eigenvalue weighted by molar-refractivity contribution is -0.420. The fourth-order valence-electron chi connectivity index (χ4n) is 3.68. The summed E-state index contributed by atoms with van der Waals surface area (Å²) in [6, 6.07) is -1.29. The van der Waals surface area contributed by atoms with Crippen molar-refractivity contribution in [2.45, 2.75) is 68.0 Å². The molecule has 3 fully saturated rings. The number of likely N-dealkylation sites (N-methyl/N-ethyl adjacent to an activating group) is 2. The van der Waals surface area contributed by atoms with Gasteiger partial charge in [-0.05, 0) is 21.0 Å². The molecule has 132 valence electrons. The smallest absolute Gasteiger partial charge is 0.280 e. The number of carbonyl (C=O) groups excluding carboxylic acids is 1. The molecule has 9 heteroatoms. The topological polar surface area (TPSA) is 130 Å². The van der Waals surface area contributed by atoms with Gasteiger partial charge < -0.3 is 40.2 Å². The number of carbonyl (C=O) groups is 1. The van der Waals surface area contributed by atoms with Crippen molar-refractivity contribution in [2.75, 3.05) is 14.1 Å². The van der Waals surface area contributed by atoms with E-state index in [1.165, 1.54) is 0 Å². The maximum Gasteiger partial charge on any atom is 0.280 e. The Morgan fingerprint density at radius 3 is 2.35 bits per heavy atom. The van der Waals surface area contributed by atoms with Gasteiger partial charge in [-0.25, -0.2) is 0 Å². The quantitative estimate of drug-likeness (QED) is 0.361. The summed E-state index contributed by atoms with van der Waals surface area (Å²) < 4.78 is 16.8. The molecule has 0 radical (unpaired) electrons. The molecule has 5 N–H and O–H groups in total. The summed E-state index contributed by atoms with van der Waals surface area (Å²) in [4.78, 5) is 12.2. The number of fused-ring (bicyclic) bond motifs is 2. The number of hydrogen-bond donors (Lipinski definition) is 5. The number of nitrogens with one attached hydrogen (secondary N) is 2. The molecule has 0 aromatic rings. The van der Waals surface area contributed by atoms with Crippen molar-refractivity contribution in [1.82, 2.24) is 10.6 Å². The predicted molar refractivity (Wildman–Crippen MR) is 76.4 cm³/mol. The third-order valence-corrected chi connectivity index (χ3v) is 4.93. The Hall–Kier alpha value is -0.650. The number of rotatable bonds is 2. The molecule has 2 saturated heterocycles. The second kappa shape index (κ2) is 6.01. The molecule has 0 spiro atoms. The SMILES string of the molecule is CN[C@H]1[C@@H](O)[C@@H]2O[C@@H]3O[C@H](C)CC(=O)[C@]3(O)O[C@@H]2[C@@H](NC)[C@H]1O. The van der Waals surface area contributed by atoms with Gasteiger partial charge in [-0.15, -0.1) is 0 Å². The van der Waals surface area contributed by atoms with E-state index in [1.54, 1.807) is 21.0 Å². The van der Waals surface area contributed by atoms with Crippen molar-refractivity contribution in [3.05, 3.63) is 0 Å². The Labute approximate surface area is 133 Å². The molecule has 9 atom stereocenters. The van der Waals surface area contributed by atoms with Gasteiger partial charge in [-0.2, -0.15) is 0 Å². The van der Waals surface area contributed by atoms with Gasteiger partial charge in [0.25, 0.3) is 5.79 Å². The molecule has 0 amide bonds. The molecule has 0 aromatic carbocycles. The fourth-order valence-corrected chi connectivity index (χ4v) is 3.68. The molecule has 3 rings (SSSR count). The maximum atomic E-state index is 12.2. The molecule has 9 nitrogen and oxygen atoms in total. The highest BCUT2D eigenvalue weighted by molar-refractivity contribution is 5.87. The summed E-state index contributed by atoms with van der Waals surface area (Å²) >= 11 is 0. The number of Topliss-reactive ketones (excluding diaryl/α,β-unsaturated/α-hetero) is 1. The van der Waals surface area contributed by atoms with Crippen molar-refractivity contribution >= 4 is 5.78 Å². The molecule has 0 unspecified atom stereocenters. The normalized spacial score (nSPS) is 53.6. The Morgan fingerprint density at radius 1 is 1.09 bits per heavy atom. The molecular weight excluding hydrogens is 308 g/mol. The zero-order chi connectivity index (χ0) is 16.9. The molecule has 2 heterocycles. The van der Waals surface area contributed by atoms with Gasteiger partial charge in [0.2, 0.25) is 6.29 Å². The van der Waals surface area contributed by atoms with Crippen molar-refractivity contribution in [3.63, 3.8) is 0 Å². The molecule has 0 aromatic heterocycles. The van der Waals surface area contributed by atoms with Crippen LogP contribution in [0, 0.1) is 0 Å². The van der Waals surface area contributed by atoms with Gasteiger partial charge in [0.15, 0.2) is 5.78 Å². The first-order chi connectivity index (χ1) is 10.8. The monoisotopic (exact) mass is 332 g/mol. The highest BCUT2D eigenvalue weighted by Crippen LogP contribution is 2.40. The highest BCUT2D eigenvalue weighted by atomic mass is 16.8. The Balaban J connectivity index is 1.92. The Kier molecular flexibility index (Phi) is 4.49. The zero-order valence-corrected chi connectivity index (χ0v) is 13.3. The van der Waals surface area contributed by atoms with Gasteiger partial charge in [0.05, 0.1) is 24.3 Å². The molecule has 23 heavy (non-hydrogen) atoms. The minimum Gasteiger partial charge on any atom is -0.390 e. The minimum absolute atomic E-state index is 0.00220. The van der Waals surface area contributed by atoms with Crippen LogP contribution in [0.3, 0.4) is 0 Å². The van der Waals surface area contributed by atoms with Crippen LogP contribution >= 0.6 is 0 Å². The van der Waals surface area contributed by atoms with Gasteiger partial charge in [-0.1, -0.05) is 0 Å². The third-order valence-electron chi connectivity index (χ3n) is 4.93. The van der Waals surface area contributed by atoms with Gasteiger partial charge in [0.1, 0.15) is 18.3 Å². The van der Waals surface area contributed by atoms with Crippen LogP contribution in [0.25, 0.3) is 0 Å². The van der Waals surface area contributed by atoms with Gasteiger partial charge >= 0.3 is 0 Å². The summed E-state index contributed by atoms with van der Waals surface area (Å²) in [5, 5.41) is 37.2. The number of ether oxygens (including phenoxy) is 3. The molecule has 1 aliphatic carbocycles. The molecule has 0 bridgehead atoms. The van der Waals surface area contributed by atoms with Crippen LogP contribution < -0.4 is 10.6 Å². The summed E-state index contributed by atoms with van der Waals surface area (Å²) in [6.45, 7) is 1.70. The van der Waals surface area contributed by atoms with E-state index in [9.17, 15) is 20.1 Å². The number of aliphatic hydroxyl groups is 3. The van der Waals surface area contributed by atoms with Crippen LogP contribution in [-0.2, 0) is 19.0 Å². The average Bonchev–Trinajstić information content (AvgIpc) is 2.49. The Morgan fingerprint density at radius 2 is 1.74 bits per heavy atom. The van der Waals surface area contributed by atoms with Gasteiger partial charge in [0, 0.05) is 6.42 Å². The summed E-state index contributed by atoms with van der Waals surface area (Å²) in [5.41, 5.74) is 0.